The van der Waals surface area contributed by atoms with Crippen LogP contribution in [0, 0.1) is 0 Å². The number of rotatable bonds is 12. The topological polar surface area (TPSA) is 63.6 Å². The van der Waals surface area contributed by atoms with Crippen LogP contribution in [0.1, 0.15) is 74.0 Å². The van der Waals surface area contributed by atoms with Gasteiger partial charge in [-0.3, -0.25) is 9.59 Å². The Morgan fingerprint density at radius 1 is 0.947 bits per heavy atom. The van der Waals surface area contributed by atoms with Gasteiger partial charge in [-0.1, -0.05) is 58.3 Å². The van der Waals surface area contributed by atoms with Crippen molar-refractivity contribution in [3.8, 4) is 0 Å². The Balaban J connectivity index is -0.000000482. The molecule has 0 saturated carbocycles. The Hall–Kier alpha value is 0.511. The van der Waals surface area contributed by atoms with Gasteiger partial charge in [0.05, 0.1) is 6.61 Å². The van der Waals surface area contributed by atoms with Gasteiger partial charge in [-0.2, -0.15) is 0 Å². The van der Waals surface area contributed by atoms with Crippen LogP contribution in [0.4, 0.5) is 0 Å². The first-order valence-electron chi connectivity index (χ1n) is 7.04. The van der Waals surface area contributed by atoms with E-state index < -0.39 is 18.4 Å². The first-order valence-corrected chi connectivity index (χ1v) is 7.04. The molecular formula is C14H28BaO4. The zero-order chi connectivity index (χ0) is 13.6. The minimum Gasteiger partial charge on any atom is -1.00 e. The first kappa shape index (κ1) is 21.8. The third-order valence-electron chi connectivity index (χ3n) is 2.81. The Bertz CT molecular complexity index is 241. The quantitative estimate of drug-likeness (QED) is 0.237. The van der Waals surface area contributed by atoms with Gasteiger partial charge in [0.2, 0.25) is 0 Å². The van der Waals surface area contributed by atoms with Crippen LogP contribution in [0.5, 0.6) is 0 Å². The second-order valence-electron chi connectivity index (χ2n) is 4.62. The molecule has 0 fully saturated rings. The van der Waals surface area contributed by atoms with Crippen molar-refractivity contribution in [1.29, 1.82) is 0 Å². The van der Waals surface area contributed by atoms with Crippen LogP contribution in [-0.2, 0) is 14.3 Å². The van der Waals surface area contributed by atoms with Crippen molar-refractivity contribution >= 4 is 60.8 Å². The van der Waals surface area contributed by atoms with Gasteiger partial charge >= 0.3 is 60.8 Å². The molecule has 4 nitrogen and oxygen atoms in total. The summed E-state index contributed by atoms with van der Waals surface area (Å²) in [7, 11) is 0. The molecule has 5 heteroatoms. The molecular weight excluding hydrogens is 369 g/mol. The van der Waals surface area contributed by atoms with Crippen molar-refractivity contribution in [2.24, 2.45) is 0 Å². The number of hydrogen-bond donors (Lipinski definition) is 1. The van der Waals surface area contributed by atoms with E-state index in [1.165, 1.54) is 44.9 Å². The zero-order valence-electron chi connectivity index (χ0n) is 14.2. The maximum atomic E-state index is 10.9. The standard InChI is InChI=1S/C14H26O4.Ba.2H/c1-2-3-4-5-6-7-8-9-10-11-18-14(17)12-13(15)16;;;/h2-12H2,1H3,(H,15,16);;;/q;+2;2*-1. The van der Waals surface area contributed by atoms with Crippen LogP contribution >= 0.6 is 0 Å². The Kier molecular flexibility index (Phi) is 19.0. The van der Waals surface area contributed by atoms with E-state index in [0.717, 1.165) is 12.8 Å². The van der Waals surface area contributed by atoms with E-state index in [0.29, 0.717) is 6.61 Å². The first-order chi connectivity index (χ1) is 8.66. The van der Waals surface area contributed by atoms with Gasteiger partial charge in [0.25, 0.3) is 0 Å². The fourth-order valence-corrected chi connectivity index (χ4v) is 1.77. The van der Waals surface area contributed by atoms with Gasteiger partial charge in [0, 0.05) is 0 Å². The van der Waals surface area contributed by atoms with Crippen LogP contribution in [0.3, 0.4) is 0 Å². The van der Waals surface area contributed by atoms with E-state index in [1.54, 1.807) is 0 Å². The molecule has 0 aromatic carbocycles. The Morgan fingerprint density at radius 2 is 1.42 bits per heavy atom. The zero-order valence-corrected chi connectivity index (χ0v) is 16.6. The molecule has 110 valence electrons. The number of hydrogen-bond acceptors (Lipinski definition) is 3. The summed E-state index contributed by atoms with van der Waals surface area (Å²) in [6.07, 6.45) is 10.3. The predicted molar refractivity (Wildman–Crippen MR) is 78.4 cm³/mol. The Morgan fingerprint density at radius 3 is 1.89 bits per heavy atom. The number of carboxylic acids is 1. The summed E-state index contributed by atoms with van der Waals surface area (Å²) in [6.45, 7) is 2.56. The minimum atomic E-state index is -1.13. The molecule has 0 amide bonds. The van der Waals surface area contributed by atoms with Crippen LogP contribution in [0.2, 0.25) is 0 Å². The minimum absolute atomic E-state index is 0. The van der Waals surface area contributed by atoms with Crippen molar-refractivity contribution in [2.75, 3.05) is 6.61 Å². The number of carboxylic acid groups (broad SMARTS) is 1. The van der Waals surface area contributed by atoms with Crippen LogP contribution < -0.4 is 0 Å². The average molecular weight is 398 g/mol. The van der Waals surface area contributed by atoms with Crippen LogP contribution in [-0.4, -0.2) is 72.5 Å². The molecule has 0 unspecified atom stereocenters. The maximum absolute atomic E-state index is 10.9. The summed E-state index contributed by atoms with van der Waals surface area (Å²) in [5.41, 5.74) is 0. The third kappa shape index (κ3) is 18.5. The van der Waals surface area contributed by atoms with E-state index in [4.69, 9.17) is 9.84 Å². The van der Waals surface area contributed by atoms with E-state index in [-0.39, 0.29) is 51.7 Å². The SMILES string of the molecule is CCCCCCCCCCCOC(=O)CC(=O)O.[Ba+2].[H-].[H-]. The molecule has 0 aliphatic carbocycles. The molecule has 19 heavy (non-hydrogen) atoms. The van der Waals surface area contributed by atoms with Crippen molar-refractivity contribution in [3.05, 3.63) is 0 Å². The number of carbonyl (C=O) groups excluding carboxylic acids is 1. The monoisotopic (exact) mass is 398 g/mol. The number of unbranched alkanes of at least 4 members (excludes halogenated alkanes) is 8. The van der Waals surface area contributed by atoms with Crippen molar-refractivity contribution in [2.45, 2.75) is 71.1 Å². The summed E-state index contributed by atoms with van der Waals surface area (Å²) in [6, 6.07) is 0. The van der Waals surface area contributed by atoms with E-state index in [2.05, 4.69) is 6.92 Å². The molecule has 0 spiro atoms. The third-order valence-corrected chi connectivity index (χ3v) is 2.81. The average Bonchev–Trinajstić information content (AvgIpc) is 2.30. The molecule has 0 heterocycles. The normalized spacial score (nSPS) is 9.74. The van der Waals surface area contributed by atoms with Crippen LogP contribution in [0.15, 0.2) is 0 Å². The number of ether oxygens (including phenoxy) is 1. The van der Waals surface area contributed by atoms with Crippen molar-refractivity contribution < 1.29 is 22.3 Å². The molecule has 0 aromatic heterocycles. The summed E-state index contributed by atoms with van der Waals surface area (Å²) >= 11 is 0. The molecule has 1 N–H and O–H groups in total. The molecule has 0 saturated heterocycles. The van der Waals surface area contributed by atoms with Gasteiger partial charge in [-0.25, -0.2) is 0 Å². The van der Waals surface area contributed by atoms with E-state index >= 15 is 0 Å². The van der Waals surface area contributed by atoms with Crippen LogP contribution in [0.25, 0.3) is 0 Å². The second kappa shape index (κ2) is 16.6. The van der Waals surface area contributed by atoms with Crippen molar-refractivity contribution in [3.63, 3.8) is 0 Å². The fraction of sp³-hybridized carbons (Fsp3) is 0.857. The summed E-state index contributed by atoms with van der Waals surface area (Å²) in [5, 5.41) is 8.34. The Labute approximate surface area is 159 Å². The van der Waals surface area contributed by atoms with Gasteiger partial charge in [0.1, 0.15) is 6.42 Å². The summed E-state index contributed by atoms with van der Waals surface area (Å²) < 4.78 is 4.79. The molecule has 0 bridgehead atoms. The molecule has 0 aromatic rings. The maximum Gasteiger partial charge on any atom is 2.00 e. The molecule has 0 rings (SSSR count). The molecule has 0 aliphatic heterocycles. The number of carbonyl (C=O) groups is 2. The van der Waals surface area contributed by atoms with Gasteiger partial charge in [-0.05, 0) is 6.42 Å². The van der Waals surface area contributed by atoms with E-state index in [9.17, 15) is 9.59 Å². The summed E-state index contributed by atoms with van der Waals surface area (Å²) in [4.78, 5) is 21.1. The smallest absolute Gasteiger partial charge is 1.00 e. The van der Waals surface area contributed by atoms with E-state index in [1.807, 2.05) is 0 Å². The van der Waals surface area contributed by atoms with Gasteiger partial charge in [0.15, 0.2) is 0 Å². The van der Waals surface area contributed by atoms with Gasteiger partial charge < -0.3 is 12.7 Å². The van der Waals surface area contributed by atoms with Gasteiger partial charge in [-0.15, -0.1) is 0 Å². The number of esters is 1. The predicted octanol–water partition coefficient (Wildman–Crippen LogP) is 3.38. The largest absolute Gasteiger partial charge is 2.00 e. The van der Waals surface area contributed by atoms with Crippen molar-refractivity contribution in [1.82, 2.24) is 0 Å². The molecule has 0 aliphatic rings. The summed E-state index contributed by atoms with van der Waals surface area (Å²) in [5.74, 6) is -1.77. The molecule has 0 radical (unpaired) electrons. The number of aliphatic carboxylic acids is 1. The fourth-order valence-electron chi connectivity index (χ4n) is 1.77. The molecule has 0 atom stereocenters. The second-order valence-corrected chi connectivity index (χ2v) is 4.62.